The van der Waals surface area contributed by atoms with Crippen LogP contribution in [0.2, 0.25) is 0 Å². The van der Waals surface area contributed by atoms with Gasteiger partial charge in [-0.1, -0.05) is 12.1 Å². The highest BCUT2D eigenvalue weighted by Gasteiger charge is 2.26. The summed E-state index contributed by atoms with van der Waals surface area (Å²) in [7, 11) is -3.09. The topological polar surface area (TPSA) is 87.2 Å². The third-order valence-corrected chi connectivity index (χ3v) is 7.47. The summed E-state index contributed by atoms with van der Waals surface area (Å²) in [5.74, 6) is 1.82. The van der Waals surface area contributed by atoms with E-state index in [1.54, 1.807) is 4.31 Å². The third kappa shape index (κ3) is 6.34. The van der Waals surface area contributed by atoms with Crippen LogP contribution in [0.1, 0.15) is 50.0 Å². The van der Waals surface area contributed by atoms with Crippen LogP contribution in [0.4, 0.5) is 4.79 Å². The van der Waals surface area contributed by atoms with Crippen molar-refractivity contribution in [2.75, 3.05) is 39.0 Å². The van der Waals surface area contributed by atoms with Crippen LogP contribution >= 0.6 is 0 Å². The number of likely N-dealkylation sites (tertiary alicyclic amines) is 1. The second kappa shape index (κ2) is 9.80. The number of sulfonamides is 1. The lowest BCUT2D eigenvalue weighted by molar-refractivity contribution is 0.121. The number of benzene rings is 1. The van der Waals surface area contributed by atoms with Crippen LogP contribution in [0.3, 0.4) is 0 Å². The molecule has 1 amide bonds. The number of ether oxygens (including phenoxy) is 1. The maximum atomic E-state index is 11.7. The number of rotatable bonds is 7. The van der Waals surface area contributed by atoms with E-state index < -0.39 is 16.1 Å². The van der Waals surface area contributed by atoms with Crippen molar-refractivity contribution in [1.82, 2.24) is 9.21 Å². The quantitative estimate of drug-likeness (QED) is 0.678. The van der Waals surface area contributed by atoms with Gasteiger partial charge in [0, 0.05) is 26.2 Å². The molecular formula is C21H32N2O5S. The first-order valence-corrected chi connectivity index (χ1v) is 12.3. The van der Waals surface area contributed by atoms with E-state index in [4.69, 9.17) is 9.84 Å². The lowest BCUT2D eigenvalue weighted by atomic mass is 9.90. The molecule has 2 aliphatic heterocycles. The minimum absolute atomic E-state index is 0.371. The van der Waals surface area contributed by atoms with E-state index in [1.165, 1.54) is 16.7 Å². The largest absolute Gasteiger partial charge is 0.494 e. The fourth-order valence-electron chi connectivity index (χ4n) is 4.35. The molecule has 7 nitrogen and oxygen atoms in total. The molecule has 2 saturated heterocycles. The molecule has 8 heteroatoms. The van der Waals surface area contributed by atoms with Gasteiger partial charge in [0.15, 0.2) is 0 Å². The van der Waals surface area contributed by atoms with Gasteiger partial charge in [0.2, 0.25) is 10.0 Å². The minimum Gasteiger partial charge on any atom is -0.494 e. The van der Waals surface area contributed by atoms with Crippen molar-refractivity contribution in [2.24, 2.45) is 5.92 Å². The lowest BCUT2D eigenvalue weighted by Crippen LogP contribution is -2.37. The molecule has 2 heterocycles. The van der Waals surface area contributed by atoms with Gasteiger partial charge in [-0.25, -0.2) is 17.5 Å². The maximum Gasteiger partial charge on any atom is 0.407 e. The summed E-state index contributed by atoms with van der Waals surface area (Å²) < 4.78 is 30.8. The SMILES string of the molecule is CS(=O)(=O)N1CCC(c2cccc(OCCCC3CCN(C(=O)O)CC3)c2)CC1. The highest BCUT2D eigenvalue weighted by atomic mass is 32.2. The highest BCUT2D eigenvalue weighted by molar-refractivity contribution is 7.88. The number of amides is 1. The number of hydrogen-bond acceptors (Lipinski definition) is 4. The summed E-state index contributed by atoms with van der Waals surface area (Å²) >= 11 is 0. The Kier molecular flexibility index (Phi) is 7.40. The molecule has 0 unspecified atom stereocenters. The van der Waals surface area contributed by atoms with Crippen molar-refractivity contribution < 1.29 is 23.1 Å². The molecule has 162 valence electrons. The molecular weight excluding hydrogens is 392 g/mol. The smallest absolute Gasteiger partial charge is 0.407 e. The molecule has 0 aromatic heterocycles. The van der Waals surface area contributed by atoms with E-state index in [-0.39, 0.29) is 0 Å². The molecule has 2 aliphatic rings. The van der Waals surface area contributed by atoms with Crippen molar-refractivity contribution >= 4 is 16.1 Å². The van der Waals surface area contributed by atoms with Gasteiger partial charge in [-0.2, -0.15) is 0 Å². The summed E-state index contributed by atoms with van der Waals surface area (Å²) in [5, 5.41) is 9.01. The Morgan fingerprint density at radius 3 is 2.45 bits per heavy atom. The van der Waals surface area contributed by atoms with Crippen molar-refractivity contribution in [3.8, 4) is 5.75 Å². The molecule has 1 aromatic rings. The standard InChI is InChI=1S/C21H32N2O5S/c1-29(26,27)23-13-9-18(10-14-23)19-5-2-6-20(16-19)28-15-3-4-17-7-11-22(12-8-17)21(24)25/h2,5-6,16-18H,3-4,7-15H2,1H3,(H,24,25). The summed E-state index contributed by atoms with van der Waals surface area (Å²) in [6.07, 6.45) is 6.05. The Hall–Kier alpha value is -1.80. The first kappa shape index (κ1) is 21.9. The van der Waals surface area contributed by atoms with Gasteiger partial charge in [-0.05, 0) is 68.1 Å². The minimum atomic E-state index is -3.09. The van der Waals surface area contributed by atoms with Crippen LogP contribution in [0, 0.1) is 5.92 Å². The summed E-state index contributed by atoms with van der Waals surface area (Å²) in [5.41, 5.74) is 1.22. The van der Waals surface area contributed by atoms with E-state index in [0.717, 1.165) is 44.3 Å². The van der Waals surface area contributed by atoms with Crippen molar-refractivity contribution in [3.05, 3.63) is 29.8 Å². The highest BCUT2D eigenvalue weighted by Crippen LogP contribution is 2.31. The Bertz CT molecular complexity index is 782. The predicted molar refractivity (Wildman–Crippen MR) is 112 cm³/mol. The molecule has 1 aromatic carbocycles. The van der Waals surface area contributed by atoms with E-state index >= 15 is 0 Å². The van der Waals surface area contributed by atoms with Gasteiger partial charge in [0.05, 0.1) is 12.9 Å². The average molecular weight is 425 g/mol. The number of nitrogens with zero attached hydrogens (tertiary/aromatic N) is 2. The Morgan fingerprint density at radius 2 is 1.83 bits per heavy atom. The van der Waals surface area contributed by atoms with Gasteiger partial charge in [-0.15, -0.1) is 0 Å². The molecule has 3 rings (SSSR count). The molecule has 0 spiro atoms. The van der Waals surface area contributed by atoms with Crippen LogP contribution in [0.5, 0.6) is 5.75 Å². The summed E-state index contributed by atoms with van der Waals surface area (Å²) in [6.45, 7) is 3.10. The van der Waals surface area contributed by atoms with E-state index in [0.29, 0.717) is 44.6 Å². The van der Waals surface area contributed by atoms with Crippen LogP contribution in [-0.2, 0) is 10.0 Å². The zero-order chi connectivity index (χ0) is 20.9. The number of piperidine rings is 2. The second-order valence-corrected chi connectivity index (χ2v) is 10.2. The maximum absolute atomic E-state index is 11.7. The normalized spacial score (nSPS) is 20.0. The Morgan fingerprint density at radius 1 is 1.14 bits per heavy atom. The van der Waals surface area contributed by atoms with Crippen molar-refractivity contribution in [1.29, 1.82) is 0 Å². The molecule has 0 radical (unpaired) electrons. The van der Waals surface area contributed by atoms with Crippen LogP contribution < -0.4 is 4.74 Å². The van der Waals surface area contributed by atoms with Gasteiger partial charge in [0.1, 0.15) is 5.75 Å². The third-order valence-electron chi connectivity index (χ3n) is 6.16. The predicted octanol–water partition coefficient (Wildman–Crippen LogP) is 3.37. The van der Waals surface area contributed by atoms with Gasteiger partial charge < -0.3 is 14.7 Å². The van der Waals surface area contributed by atoms with E-state index in [2.05, 4.69) is 12.1 Å². The Labute approximate surface area is 173 Å². The van der Waals surface area contributed by atoms with Crippen molar-refractivity contribution in [3.63, 3.8) is 0 Å². The molecule has 0 bridgehead atoms. The van der Waals surface area contributed by atoms with Gasteiger partial charge >= 0.3 is 6.09 Å². The molecule has 29 heavy (non-hydrogen) atoms. The molecule has 0 aliphatic carbocycles. The van der Waals surface area contributed by atoms with Crippen LogP contribution in [0.25, 0.3) is 0 Å². The lowest BCUT2D eigenvalue weighted by Gasteiger charge is -2.30. The van der Waals surface area contributed by atoms with E-state index in [1.807, 2.05) is 12.1 Å². The summed E-state index contributed by atoms with van der Waals surface area (Å²) in [4.78, 5) is 12.5. The van der Waals surface area contributed by atoms with Crippen molar-refractivity contribution in [2.45, 2.75) is 44.4 Å². The first-order valence-electron chi connectivity index (χ1n) is 10.5. The number of carboxylic acid groups (broad SMARTS) is 1. The molecule has 1 N–H and O–H groups in total. The van der Waals surface area contributed by atoms with Crippen LogP contribution in [-0.4, -0.2) is 67.9 Å². The number of hydrogen-bond donors (Lipinski definition) is 1. The monoisotopic (exact) mass is 424 g/mol. The molecule has 0 saturated carbocycles. The first-order chi connectivity index (χ1) is 13.8. The fraction of sp³-hybridized carbons (Fsp3) is 0.667. The fourth-order valence-corrected chi connectivity index (χ4v) is 5.23. The van der Waals surface area contributed by atoms with Gasteiger partial charge in [-0.3, -0.25) is 0 Å². The van der Waals surface area contributed by atoms with Gasteiger partial charge in [0.25, 0.3) is 0 Å². The average Bonchev–Trinajstić information content (AvgIpc) is 2.71. The second-order valence-electron chi connectivity index (χ2n) is 8.21. The zero-order valence-electron chi connectivity index (χ0n) is 17.1. The zero-order valence-corrected chi connectivity index (χ0v) is 17.9. The summed E-state index contributed by atoms with van der Waals surface area (Å²) in [6, 6.07) is 8.17. The van der Waals surface area contributed by atoms with Crippen LogP contribution in [0.15, 0.2) is 24.3 Å². The van der Waals surface area contributed by atoms with E-state index in [9.17, 15) is 13.2 Å². The molecule has 0 atom stereocenters. The Balaban J connectivity index is 1.40. The molecule has 2 fully saturated rings. The number of carbonyl (C=O) groups is 1.